The third kappa shape index (κ3) is 3.46. The van der Waals surface area contributed by atoms with Gasteiger partial charge in [-0.1, -0.05) is 17.4 Å². The number of carbonyl (C=O) groups excluding carboxylic acids is 1. The first-order valence-corrected chi connectivity index (χ1v) is 8.61. The van der Waals surface area contributed by atoms with Gasteiger partial charge in [-0.3, -0.25) is 4.79 Å². The first-order valence-electron chi connectivity index (χ1n) is 6.71. The number of anilines is 3. The number of nitrogen functional groups attached to an aromatic ring is 1. The monoisotopic (exact) mass is 414 g/mol. The van der Waals surface area contributed by atoms with Crippen molar-refractivity contribution < 1.29 is 4.79 Å². The molecule has 0 bridgehead atoms. The molecular formula is C14H15IN4OS. The van der Waals surface area contributed by atoms with Crippen molar-refractivity contribution in [3.8, 4) is 0 Å². The number of rotatable bonds is 4. The minimum absolute atomic E-state index is 0.214. The summed E-state index contributed by atoms with van der Waals surface area (Å²) in [5.74, 6) is 0.0682. The van der Waals surface area contributed by atoms with E-state index in [1.807, 2.05) is 24.3 Å². The Kier molecular flexibility index (Phi) is 4.29. The summed E-state index contributed by atoms with van der Waals surface area (Å²) in [5, 5.41) is 6.89. The zero-order valence-electron chi connectivity index (χ0n) is 11.2. The van der Waals surface area contributed by atoms with Crippen LogP contribution in [0.25, 0.3) is 0 Å². The highest BCUT2D eigenvalue weighted by atomic mass is 127. The van der Waals surface area contributed by atoms with Crippen LogP contribution in [-0.4, -0.2) is 16.9 Å². The van der Waals surface area contributed by atoms with Crippen LogP contribution in [0.5, 0.6) is 0 Å². The Hall–Kier alpha value is -1.35. The Morgan fingerprint density at radius 2 is 2.24 bits per heavy atom. The molecule has 0 atom stereocenters. The number of nitrogens with one attached hydrogen (secondary N) is 2. The van der Waals surface area contributed by atoms with Gasteiger partial charge in [-0.25, -0.2) is 4.98 Å². The van der Waals surface area contributed by atoms with Crippen LogP contribution >= 0.6 is 33.9 Å². The molecule has 1 aromatic carbocycles. The number of halogens is 1. The topological polar surface area (TPSA) is 80.0 Å². The molecule has 0 unspecified atom stereocenters. The number of amides is 1. The van der Waals surface area contributed by atoms with Gasteiger partial charge in [0.05, 0.1) is 0 Å². The first kappa shape index (κ1) is 14.6. The molecule has 1 saturated carbocycles. The van der Waals surface area contributed by atoms with Gasteiger partial charge in [0, 0.05) is 15.3 Å². The maximum Gasteiger partial charge on any atom is 0.269 e. The summed E-state index contributed by atoms with van der Waals surface area (Å²) in [5.41, 5.74) is 6.62. The lowest BCUT2D eigenvalue weighted by Crippen LogP contribution is -2.26. The lowest BCUT2D eigenvalue weighted by atomic mass is 9.93. The van der Waals surface area contributed by atoms with Crippen LogP contribution in [0, 0.1) is 3.57 Å². The maximum atomic E-state index is 12.3. The van der Waals surface area contributed by atoms with E-state index in [2.05, 4.69) is 38.2 Å². The van der Waals surface area contributed by atoms with Crippen molar-refractivity contribution in [2.45, 2.75) is 25.3 Å². The SMILES string of the molecule is Nc1nc(NC2CCC2)sc1C(=O)Nc1cccc(I)c1. The van der Waals surface area contributed by atoms with Gasteiger partial charge in [-0.15, -0.1) is 0 Å². The Labute approximate surface area is 140 Å². The Bertz CT molecular complexity index is 669. The molecule has 4 N–H and O–H groups in total. The van der Waals surface area contributed by atoms with Crippen molar-refractivity contribution in [1.82, 2.24) is 4.98 Å². The Balaban J connectivity index is 1.71. The summed E-state index contributed by atoms with van der Waals surface area (Å²) >= 11 is 3.51. The quantitative estimate of drug-likeness (QED) is 0.669. The second-order valence-electron chi connectivity index (χ2n) is 4.97. The van der Waals surface area contributed by atoms with Crippen molar-refractivity contribution in [1.29, 1.82) is 0 Å². The summed E-state index contributed by atoms with van der Waals surface area (Å²) in [6.07, 6.45) is 3.56. The average molecular weight is 414 g/mol. The van der Waals surface area contributed by atoms with Crippen molar-refractivity contribution in [3.05, 3.63) is 32.7 Å². The summed E-state index contributed by atoms with van der Waals surface area (Å²) in [4.78, 5) is 17.0. The summed E-state index contributed by atoms with van der Waals surface area (Å²) in [6, 6.07) is 8.10. The normalized spacial score (nSPS) is 14.5. The molecular weight excluding hydrogens is 399 g/mol. The van der Waals surface area contributed by atoms with E-state index >= 15 is 0 Å². The summed E-state index contributed by atoms with van der Waals surface area (Å²) in [7, 11) is 0. The van der Waals surface area contributed by atoms with E-state index in [1.54, 1.807) is 0 Å². The van der Waals surface area contributed by atoms with Gasteiger partial charge in [0.25, 0.3) is 5.91 Å². The van der Waals surface area contributed by atoms with E-state index in [1.165, 1.54) is 17.8 Å². The molecule has 0 spiro atoms. The molecule has 0 aliphatic heterocycles. The van der Waals surface area contributed by atoms with Crippen LogP contribution in [0.2, 0.25) is 0 Å². The third-order valence-electron chi connectivity index (χ3n) is 3.37. The molecule has 1 fully saturated rings. The van der Waals surface area contributed by atoms with Gasteiger partial charge >= 0.3 is 0 Å². The number of nitrogens with zero attached hydrogens (tertiary/aromatic N) is 1. The van der Waals surface area contributed by atoms with Crippen LogP contribution in [0.1, 0.15) is 28.9 Å². The molecule has 110 valence electrons. The molecule has 5 nitrogen and oxygen atoms in total. The van der Waals surface area contributed by atoms with Crippen LogP contribution in [0.15, 0.2) is 24.3 Å². The van der Waals surface area contributed by atoms with Crippen molar-refractivity contribution in [2.24, 2.45) is 0 Å². The number of carbonyl (C=O) groups is 1. The minimum atomic E-state index is -0.214. The van der Waals surface area contributed by atoms with Gasteiger partial charge in [-0.2, -0.15) is 0 Å². The minimum Gasteiger partial charge on any atom is -0.382 e. The van der Waals surface area contributed by atoms with Crippen LogP contribution in [-0.2, 0) is 0 Å². The summed E-state index contributed by atoms with van der Waals surface area (Å²) in [6.45, 7) is 0. The lowest BCUT2D eigenvalue weighted by molar-refractivity contribution is 0.103. The molecule has 7 heteroatoms. The van der Waals surface area contributed by atoms with Crippen LogP contribution < -0.4 is 16.4 Å². The summed E-state index contributed by atoms with van der Waals surface area (Å²) < 4.78 is 1.06. The van der Waals surface area contributed by atoms with Crippen molar-refractivity contribution in [3.63, 3.8) is 0 Å². The fraction of sp³-hybridized carbons (Fsp3) is 0.286. The number of thiazole rings is 1. The predicted octanol–water partition coefficient (Wildman–Crippen LogP) is 3.55. The van der Waals surface area contributed by atoms with E-state index in [-0.39, 0.29) is 11.7 Å². The molecule has 1 heterocycles. The molecule has 2 aromatic rings. The molecule has 3 rings (SSSR count). The number of aromatic nitrogens is 1. The lowest BCUT2D eigenvalue weighted by Gasteiger charge is -2.25. The van der Waals surface area contributed by atoms with Gasteiger partial charge < -0.3 is 16.4 Å². The number of hydrogen-bond donors (Lipinski definition) is 3. The van der Waals surface area contributed by atoms with Gasteiger partial charge in [0.15, 0.2) is 5.13 Å². The van der Waals surface area contributed by atoms with Crippen molar-refractivity contribution in [2.75, 3.05) is 16.4 Å². The van der Waals surface area contributed by atoms with E-state index in [9.17, 15) is 4.79 Å². The fourth-order valence-electron chi connectivity index (χ4n) is 2.04. The smallest absolute Gasteiger partial charge is 0.269 e. The second-order valence-corrected chi connectivity index (χ2v) is 7.21. The van der Waals surface area contributed by atoms with Crippen LogP contribution in [0.3, 0.4) is 0 Å². The average Bonchev–Trinajstić information content (AvgIpc) is 2.75. The zero-order valence-corrected chi connectivity index (χ0v) is 14.2. The zero-order chi connectivity index (χ0) is 14.8. The largest absolute Gasteiger partial charge is 0.382 e. The molecule has 0 radical (unpaired) electrons. The highest BCUT2D eigenvalue weighted by molar-refractivity contribution is 14.1. The Morgan fingerprint density at radius 1 is 1.43 bits per heavy atom. The first-order chi connectivity index (χ1) is 10.1. The third-order valence-corrected chi connectivity index (χ3v) is 5.05. The fourth-order valence-corrected chi connectivity index (χ4v) is 3.44. The van der Waals surface area contributed by atoms with Gasteiger partial charge in [0.2, 0.25) is 0 Å². The van der Waals surface area contributed by atoms with Gasteiger partial charge in [0.1, 0.15) is 10.7 Å². The maximum absolute atomic E-state index is 12.3. The number of benzene rings is 1. The van der Waals surface area contributed by atoms with Gasteiger partial charge in [-0.05, 0) is 60.1 Å². The Morgan fingerprint density at radius 3 is 2.90 bits per heavy atom. The van der Waals surface area contributed by atoms with E-state index in [0.717, 1.165) is 27.2 Å². The highest BCUT2D eigenvalue weighted by Gasteiger charge is 2.21. The van der Waals surface area contributed by atoms with E-state index in [0.29, 0.717) is 10.9 Å². The van der Waals surface area contributed by atoms with E-state index < -0.39 is 0 Å². The standard InChI is InChI=1S/C14H15IN4OS/c15-8-3-1-6-10(7-8)17-13(20)11-12(16)19-14(21-11)18-9-4-2-5-9/h1,3,6-7,9H,2,4-5,16H2,(H,17,20)(H,18,19). The van der Waals surface area contributed by atoms with Crippen molar-refractivity contribution >= 4 is 56.5 Å². The van der Waals surface area contributed by atoms with E-state index in [4.69, 9.17) is 5.73 Å². The molecule has 21 heavy (non-hydrogen) atoms. The second kappa shape index (κ2) is 6.18. The molecule has 1 amide bonds. The predicted molar refractivity (Wildman–Crippen MR) is 94.9 cm³/mol. The number of hydrogen-bond acceptors (Lipinski definition) is 5. The number of nitrogens with two attached hydrogens (primary N) is 1. The van der Waals surface area contributed by atoms with Crippen LogP contribution in [0.4, 0.5) is 16.6 Å². The molecule has 1 aromatic heterocycles. The highest BCUT2D eigenvalue weighted by Crippen LogP contribution is 2.30. The molecule has 1 aliphatic rings. The molecule has 1 aliphatic carbocycles. The molecule has 0 saturated heterocycles.